The second-order valence-electron chi connectivity index (χ2n) is 6.67. The standard InChI is InChI=1S/C17H16Cl2FN5O4S2/c18-7-1-6(2-8(19)12(7)20)31-16-15(28)13(14(27)11(4-26)29-16)25-3-9(23-24-25)10-5-30-17(21)22-10/h1-3,5,11,13-16,26-28H,4H2,(H2,21,22)/t11-,13+,14+,15-,16-/m1/s1. The molecular formula is C17H16Cl2FN5O4S2. The third-order valence-electron chi connectivity index (χ3n) is 4.66. The third-order valence-corrected chi connectivity index (χ3v) is 7.01. The zero-order valence-corrected chi connectivity index (χ0v) is 18.6. The summed E-state index contributed by atoms with van der Waals surface area (Å²) in [6.07, 6.45) is -2.06. The van der Waals surface area contributed by atoms with Crippen molar-refractivity contribution in [3.05, 3.63) is 39.6 Å². The Kier molecular flexibility index (Phi) is 6.70. The van der Waals surface area contributed by atoms with Crippen LogP contribution in [-0.4, -0.2) is 65.7 Å². The lowest BCUT2D eigenvalue weighted by Crippen LogP contribution is -2.55. The number of rotatable bonds is 5. The van der Waals surface area contributed by atoms with E-state index in [2.05, 4.69) is 15.3 Å². The van der Waals surface area contributed by atoms with Gasteiger partial charge in [0.1, 0.15) is 41.2 Å². The van der Waals surface area contributed by atoms with Crippen molar-refractivity contribution >= 4 is 51.4 Å². The molecule has 0 aliphatic carbocycles. The number of hydrogen-bond acceptors (Lipinski definition) is 10. The van der Waals surface area contributed by atoms with Gasteiger partial charge in [-0.1, -0.05) is 40.2 Å². The SMILES string of the molecule is Nc1nc(-c2cn([C@@H]3[C@@H](O)[C@@H](Sc4cc(Cl)c(F)c(Cl)c4)O[C@H](CO)[C@@H]3O)nn2)cs1. The molecule has 9 nitrogen and oxygen atoms in total. The zero-order valence-electron chi connectivity index (χ0n) is 15.5. The number of ether oxygens (including phenoxy) is 1. The second-order valence-corrected chi connectivity index (χ2v) is 9.55. The number of halogens is 3. The van der Waals surface area contributed by atoms with Crippen LogP contribution in [0.3, 0.4) is 0 Å². The van der Waals surface area contributed by atoms with E-state index in [1.54, 1.807) is 5.38 Å². The summed E-state index contributed by atoms with van der Waals surface area (Å²) in [5.41, 5.74) is 5.61. The number of aliphatic hydroxyl groups is 3. The zero-order chi connectivity index (χ0) is 22.3. The molecule has 1 aromatic carbocycles. The van der Waals surface area contributed by atoms with Crippen molar-refractivity contribution in [1.29, 1.82) is 0 Å². The van der Waals surface area contributed by atoms with Crippen LogP contribution in [-0.2, 0) is 4.74 Å². The summed E-state index contributed by atoms with van der Waals surface area (Å²) >= 11 is 14.0. The summed E-state index contributed by atoms with van der Waals surface area (Å²) in [6.45, 7) is -0.503. The van der Waals surface area contributed by atoms with Crippen LogP contribution in [0.1, 0.15) is 6.04 Å². The fourth-order valence-electron chi connectivity index (χ4n) is 3.16. The Bertz CT molecular complexity index is 1060. The lowest BCUT2D eigenvalue weighted by Gasteiger charge is -2.41. The summed E-state index contributed by atoms with van der Waals surface area (Å²) in [5.74, 6) is -0.753. The number of thioether (sulfide) groups is 1. The van der Waals surface area contributed by atoms with Gasteiger partial charge in [0.15, 0.2) is 10.9 Å². The highest BCUT2D eigenvalue weighted by molar-refractivity contribution is 7.99. The van der Waals surface area contributed by atoms with E-state index in [1.807, 2.05) is 0 Å². The molecule has 0 bridgehead atoms. The first-order valence-electron chi connectivity index (χ1n) is 8.85. The topological polar surface area (TPSA) is 140 Å². The van der Waals surface area contributed by atoms with E-state index in [9.17, 15) is 19.7 Å². The molecule has 1 aliphatic rings. The Labute approximate surface area is 193 Å². The Morgan fingerprint density at radius 1 is 1.23 bits per heavy atom. The molecule has 0 amide bonds. The molecule has 4 rings (SSSR count). The van der Waals surface area contributed by atoms with Gasteiger partial charge in [-0.25, -0.2) is 14.1 Å². The van der Waals surface area contributed by atoms with Crippen molar-refractivity contribution in [2.45, 2.75) is 34.7 Å². The first-order chi connectivity index (χ1) is 14.8. The molecule has 3 heterocycles. The molecule has 1 fully saturated rings. The first-order valence-corrected chi connectivity index (χ1v) is 11.4. The molecule has 1 saturated heterocycles. The normalized spacial score (nSPS) is 26.3. The summed E-state index contributed by atoms with van der Waals surface area (Å²) in [6, 6.07) is 1.70. The van der Waals surface area contributed by atoms with Crippen LogP contribution in [0.5, 0.6) is 0 Å². The minimum Gasteiger partial charge on any atom is -0.394 e. The highest BCUT2D eigenvalue weighted by Gasteiger charge is 2.46. The first kappa shape index (κ1) is 22.7. The number of anilines is 1. The number of nitrogens with zero attached hydrogens (tertiary/aromatic N) is 4. The molecule has 2 aromatic heterocycles. The van der Waals surface area contributed by atoms with Crippen LogP contribution in [0.2, 0.25) is 10.0 Å². The quantitative estimate of drug-likeness (QED) is 0.382. The highest BCUT2D eigenvalue weighted by atomic mass is 35.5. The van der Waals surface area contributed by atoms with Crippen molar-refractivity contribution in [3.8, 4) is 11.4 Å². The molecule has 0 radical (unpaired) electrons. The summed E-state index contributed by atoms with van der Waals surface area (Å²) in [5, 5.41) is 41.0. The maximum Gasteiger partial charge on any atom is 0.180 e. The maximum atomic E-state index is 13.7. The number of aromatic nitrogens is 4. The molecule has 31 heavy (non-hydrogen) atoms. The van der Waals surface area contributed by atoms with Gasteiger partial charge in [-0.3, -0.25) is 0 Å². The van der Waals surface area contributed by atoms with Crippen molar-refractivity contribution in [3.63, 3.8) is 0 Å². The number of hydrogen-bond donors (Lipinski definition) is 4. The average molecular weight is 508 g/mol. The van der Waals surface area contributed by atoms with Crippen LogP contribution in [0, 0.1) is 5.82 Å². The summed E-state index contributed by atoms with van der Waals surface area (Å²) in [7, 11) is 0. The highest BCUT2D eigenvalue weighted by Crippen LogP contribution is 2.40. The predicted molar refractivity (Wildman–Crippen MR) is 115 cm³/mol. The number of nitrogen functional groups attached to an aromatic ring is 1. The monoisotopic (exact) mass is 507 g/mol. The second kappa shape index (κ2) is 9.16. The van der Waals surface area contributed by atoms with Crippen molar-refractivity contribution < 1.29 is 24.4 Å². The van der Waals surface area contributed by atoms with Gasteiger partial charge in [-0.05, 0) is 12.1 Å². The van der Waals surface area contributed by atoms with Gasteiger partial charge in [0.05, 0.1) is 22.8 Å². The lowest BCUT2D eigenvalue weighted by atomic mass is 9.97. The largest absolute Gasteiger partial charge is 0.394 e. The van der Waals surface area contributed by atoms with Crippen LogP contribution in [0.15, 0.2) is 28.6 Å². The number of benzene rings is 1. The predicted octanol–water partition coefficient (Wildman–Crippen LogP) is 2.20. The van der Waals surface area contributed by atoms with Gasteiger partial charge in [-0.15, -0.1) is 16.4 Å². The molecule has 5 atom stereocenters. The van der Waals surface area contributed by atoms with Crippen LogP contribution >= 0.6 is 46.3 Å². The van der Waals surface area contributed by atoms with Gasteiger partial charge in [0.25, 0.3) is 0 Å². The minimum absolute atomic E-state index is 0.181. The molecule has 0 spiro atoms. The molecule has 5 N–H and O–H groups in total. The molecule has 0 unspecified atom stereocenters. The van der Waals surface area contributed by atoms with Crippen molar-refractivity contribution in [1.82, 2.24) is 20.0 Å². The fraction of sp³-hybridized carbons (Fsp3) is 0.353. The molecular weight excluding hydrogens is 492 g/mol. The Morgan fingerprint density at radius 2 is 1.94 bits per heavy atom. The van der Waals surface area contributed by atoms with Gasteiger partial charge in [0, 0.05) is 10.3 Å². The number of nitrogens with two attached hydrogens (primary N) is 1. The van der Waals surface area contributed by atoms with Crippen LogP contribution < -0.4 is 5.73 Å². The van der Waals surface area contributed by atoms with Crippen molar-refractivity contribution in [2.24, 2.45) is 0 Å². The van der Waals surface area contributed by atoms with Crippen molar-refractivity contribution in [2.75, 3.05) is 12.3 Å². The van der Waals surface area contributed by atoms with Gasteiger partial charge >= 0.3 is 0 Å². The Hall–Kier alpha value is -1.51. The molecule has 0 saturated carbocycles. The van der Waals surface area contributed by atoms with Gasteiger partial charge < -0.3 is 25.8 Å². The Balaban J connectivity index is 1.62. The maximum absolute atomic E-state index is 13.7. The van der Waals surface area contributed by atoms with E-state index in [-0.39, 0.29) is 10.0 Å². The lowest BCUT2D eigenvalue weighted by molar-refractivity contribution is -0.178. The summed E-state index contributed by atoms with van der Waals surface area (Å²) in [4.78, 5) is 4.57. The van der Waals surface area contributed by atoms with Crippen LogP contribution in [0.25, 0.3) is 11.4 Å². The minimum atomic E-state index is -1.28. The van der Waals surface area contributed by atoms with Crippen LogP contribution in [0.4, 0.5) is 9.52 Å². The number of thiazole rings is 1. The van der Waals surface area contributed by atoms with Gasteiger partial charge in [0.2, 0.25) is 0 Å². The van der Waals surface area contributed by atoms with E-state index in [0.717, 1.165) is 11.8 Å². The molecule has 3 aromatic rings. The van der Waals surface area contributed by atoms with E-state index in [4.69, 9.17) is 33.7 Å². The molecule has 1 aliphatic heterocycles. The molecule has 166 valence electrons. The average Bonchev–Trinajstić information content (AvgIpc) is 3.37. The summed E-state index contributed by atoms with van der Waals surface area (Å²) < 4.78 is 20.7. The number of aliphatic hydroxyl groups excluding tert-OH is 3. The van der Waals surface area contributed by atoms with Gasteiger partial charge in [-0.2, -0.15) is 0 Å². The van der Waals surface area contributed by atoms with E-state index < -0.39 is 42.2 Å². The fourth-order valence-corrected chi connectivity index (χ4v) is 5.47. The molecule has 14 heteroatoms. The third kappa shape index (κ3) is 4.52. The smallest absolute Gasteiger partial charge is 0.180 e. The van der Waals surface area contributed by atoms with E-state index in [0.29, 0.717) is 21.4 Å². The Morgan fingerprint density at radius 3 is 2.55 bits per heavy atom. The van der Waals surface area contributed by atoms with E-state index >= 15 is 0 Å². The van der Waals surface area contributed by atoms with E-state index in [1.165, 1.54) is 34.3 Å².